The molecular weight excluding hydrogens is 342 g/mol. The lowest BCUT2D eigenvalue weighted by atomic mass is 10.0. The van der Waals surface area contributed by atoms with E-state index in [0.717, 1.165) is 37.5 Å². The number of ether oxygens (including phenoxy) is 2. The average molecular weight is 369 g/mol. The number of piperazine rings is 1. The van der Waals surface area contributed by atoms with E-state index in [-0.39, 0.29) is 6.04 Å². The van der Waals surface area contributed by atoms with Gasteiger partial charge in [-0.15, -0.1) is 0 Å². The highest BCUT2D eigenvalue weighted by Crippen LogP contribution is 2.24. The number of amides is 1. The van der Waals surface area contributed by atoms with Crippen LogP contribution >= 0.6 is 0 Å². The number of carbonyl (C=O) groups is 1. The van der Waals surface area contributed by atoms with Crippen molar-refractivity contribution in [3.8, 4) is 11.5 Å². The van der Waals surface area contributed by atoms with Crippen LogP contribution in [-0.4, -0.2) is 62.8 Å². The van der Waals surface area contributed by atoms with Crippen LogP contribution < -0.4 is 14.8 Å². The maximum Gasteiger partial charge on any atom is 0.412 e. The predicted molar refractivity (Wildman–Crippen MR) is 105 cm³/mol. The molecule has 6 nitrogen and oxygen atoms in total. The summed E-state index contributed by atoms with van der Waals surface area (Å²) in [5.41, 5.74) is 1.15. The number of hydrogen-bond acceptors (Lipinski definition) is 5. The lowest BCUT2D eigenvalue weighted by molar-refractivity contribution is 0.109. The normalized spacial score (nSPS) is 16.5. The number of methoxy groups -OCH3 is 1. The summed E-state index contributed by atoms with van der Waals surface area (Å²) in [6.45, 7) is 4.44. The number of nitrogens with one attached hydrogen (secondary N) is 1. The molecule has 1 amide bonds. The SMILES string of the molecule is COc1ccc(C(CNC(=O)Oc2ccccc2)N2CCN(C)CC2)cc1. The third-order valence-electron chi connectivity index (χ3n) is 4.87. The van der Waals surface area contributed by atoms with Crippen molar-refractivity contribution < 1.29 is 14.3 Å². The van der Waals surface area contributed by atoms with Crippen LogP contribution in [-0.2, 0) is 0 Å². The van der Waals surface area contributed by atoms with Crippen LogP contribution in [0.1, 0.15) is 11.6 Å². The fraction of sp³-hybridized carbons (Fsp3) is 0.381. The molecule has 144 valence electrons. The molecular formula is C21H27N3O3. The zero-order valence-electron chi connectivity index (χ0n) is 15.9. The molecule has 1 fully saturated rings. The first kappa shape index (κ1) is 19.2. The van der Waals surface area contributed by atoms with Crippen molar-refractivity contribution in [2.45, 2.75) is 6.04 Å². The van der Waals surface area contributed by atoms with Gasteiger partial charge in [-0.05, 0) is 36.9 Å². The van der Waals surface area contributed by atoms with Crippen molar-refractivity contribution in [2.24, 2.45) is 0 Å². The Balaban J connectivity index is 1.66. The minimum Gasteiger partial charge on any atom is -0.497 e. The van der Waals surface area contributed by atoms with Crippen molar-refractivity contribution in [1.82, 2.24) is 15.1 Å². The van der Waals surface area contributed by atoms with Crippen molar-refractivity contribution in [3.63, 3.8) is 0 Å². The van der Waals surface area contributed by atoms with E-state index < -0.39 is 6.09 Å². The Kier molecular flexibility index (Phi) is 6.68. The Labute approximate surface area is 160 Å². The molecule has 1 aliphatic heterocycles. The zero-order valence-corrected chi connectivity index (χ0v) is 15.9. The predicted octanol–water partition coefficient (Wildman–Crippen LogP) is 2.77. The molecule has 1 N–H and O–H groups in total. The summed E-state index contributed by atoms with van der Waals surface area (Å²) >= 11 is 0. The molecule has 27 heavy (non-hydrogen) atoms. The van der Waals surface area contributed by atoms with Crippen LogP contribution in [0.4, 0.5) is 4.79 Å². The maximum absolute atomic E-state index is 12.2. The number of rotatable bonds is 6. The van der Waals surface area contributed by atoms with Crippen LogP contribution in [0.3, 0.4) is 0 Å². The Morgan fingerprint density at radius 2 is 1.67 bits per heavy atom. The number of carbonyl (C=O) groups excluding carboxylic acids is 1. The first-order valence-electron chi connectivity index (χ1n) is 9.23. The van der Waals surface area contributed by atoms with E-state index in [9.17, 15) is 4.79 Å². The van der Waals surface area contributed by atoms with Gasteiger partial charge in [0.25, 0.3) is 0 Å². The van der Waals surface area contributed by atoms with Crippen LogP contribution in [0.25, 0.3) is 0 Å². The average Bonchev–Trinajstić information content (AvgIpc) is 2.70. The number of para-hydroxylation sites is 1. The van der Waals surface area contributed by atoms with Gasteiger partial charge in [-0.25, -0.2) is 4.79 Å². The minimum absolute atomic E-state index is 0.0907. The number of hydrogen-bond donors (Lipinski definition) is 1. The van der Waals surface area contributed by atoms with Crippen LogP contribution in [0.2, 0.25) is 0 Å². The van der Waals surface area contributed by atoms with E-state index in [2.05, 4.69) is 34.3 Å². The first-order valence-corrected chi connectivity index (χ1v) is 9.23. The Hall–Kier alpha value is -2.57. The lowest BCUT2D eigenvalue weighted by Gasteiger charge is -2.38. The zero-order chi connectivity index (χ0) is 19.1. The topological polar surface area (TPSA) is 54.0 Å². The summed E-state index contributed by atoms with van der Waals surface area (Å²) in [6.07, 6.45) is -0.436. The third-order valence-corrected chi connectivity index (χ3v) is 4.87. The van der Waals surface area contributed by atoms with E-state index in [1.165, 1.54) is 0 Å². The highest BCUT2D eigenvalue weighted by atomic mass is 16.6. The Morgan fingerprint density at radius 3 is 2.30 bits per heavy atom. The molecule has 0 aromatic heterocycles. The van der Waals surface area contributed by atoms with Crippen LogP contribution in [0.5, 0.6) is 11.5 Å². The Bertz CT molecular complexity index is 713. The van der Waals surface area contributed by atoms with Crippen molar-refractivity contribution in [1.29, 1.82) is 0 Å². The van der Waals surface area contributed by atoms with Crippen LogP contribution in [0, 0.1) is 0 Å². The summed E-state index contributed by atoms with van der Waals surface area (Å²) in [6, 6.07) is 17.2. The van der Waals surface area contributed by atoms with Gasteiger partial charge in [0.15, 0.2) is 0 Å². The minimum atomic E-state index is -0.436. The molecule has 1 saturated heterocycles. The standard InChI is InChI=1S/C21H27N3O3/c1-23-12-14-24(15-13-23)20(17-8-10-18(26-2)11-9-17)16-22-21(25)27-19-6-4-3-5-7-19/h3-11,20H,12-16H2,1-2H3,(H,22,25). The second-order valence-corrected chi connectivity index (χ2v) is 6.71. The smallest absolute Gasteiger partial charge is 0.412 e. The molecule has 0 spiro atoms. The molecule has 0 radical (unpaired) electrons. The van der Waals surface area contributed by atoms with Gasteiger partial charge in [0, 0.05) is 32.7 Å². The molecule has 2 aromatic carbocycles. The van der Waals surface area contributed by atoms with Gasteiger partial charge >= 0.3 is 6.09 Å². The molecule has 0 saturated carbocycles. The third kappa shape index (κ3) is 5.45. The van der Waals surface area contributed by atoms with Gasteiger partial charge in [0.05, 0.1) is 13.2 Å². The molecule has 2 aromatic rings. The number of nitrogens with zero attached hydrogens (tertiary/aromatic N) is 2. The van der Waals surface area contributed by atoms with Gasteiger partial charge in [0.1, 0.15) is 11.5 Å². The quantitative estimate of drug-likeness (QED) is 0.849. The molecule has 1 aliphatic rings. The van der Waals surface area contributed by atoms with Crippen molar-refractivity contribution >= 4 is 6.09 Å². The monoisotopic (exact) mass is 369 g/mol. The van der Waals surface area contributed by atoms with Crippen molar-refractivity contribution in [2.75, 3.05) is 46.9 Å². The molecule has 1 atom stereocenters. The van der Waals surface area contributed by atoms with Gasteiger partial charge in [-0.2, -0.15) is 0 Å². The second-order valence-electron chi connectivity index (χ2n) is 6.71. The molecule has 0 aliphatic carbocycles. The van der Waals surface area contributed by atoms with E-state index in [4.69, 9.17) is 9.47 Å². The summed E-state index contributed by atoms with van der Waals surface area (Å²) in [5, 5.41) is 2.92. The van der Waals surface area contributed by atoms with E-state index >= 15 is 0 Å². The Morgan fingerprint density at radius 1 is 1.00 bits per heavy atom. The van der Waals surface area contributed by atoms with Gasteiger partial charge < -0.3 is 19.7 Å². The summed E-state index contributed by atoms with van der Waals surface area (Å²) < 4.78 is 10.6. The van der Waals surface area contributed by atoms with Gasteiger partial charge in [0.2, 0.25) is 0 Å². The fourth-order valence-corrected chi connectivity index (χ4v) is 3.23. The molecule has 0 bridgehead atoms. The molecule has 3 rings (SSSR count). The summed E-state index contributed by atoms with van der Waals surface area (Å²) in [7, 11) is 3.79. The molecule has 1 heterocycles. The van der Waals surface area contributed by atoms with E-state index in [1.54, 1.807) is 19.2 Å². The molecule has 6 heteroatoms. The highest BCUT2D eigenvalue weighted by Gasteiger charge is 2.24. The maximum atomic E-state index is 12.2. The van der Waals surface area contributed by atoms with Gasteiger partial charge in [-0.3, -0.25) is 4.90 Å². The highest BCUT2D eigenvalue weighted by molar-refractivity contribution is 5.70. The number of likely N-dealkylation sites (N-methyl/N-ethyl adjacent to an activating group) is 1. The fourth-order valence-electron chi connectivity index (χ4n) is 3.23. The van der Waals surface area contributed by atoms with Crippen LogP contribution in [0.15, 0.2) is 54.6 Å². The largest absolute Gasteiger partial charge is 0.497 e. The molecule has 1 unspecified atom stereocenters. The summed E-state index contributed by atoms with van der Waals surface area (Å²) in [5.74, 6) is 1.36. The summed E-state index contributed by atoms with van der Waals surface area (Å²) in [4.78, 5) is 16.9. The lowest BCUT2D eigenvalue weighted by Crippen LogP contribution is -2.48. The first-order chi connectivity index (χ1) is 13.2. The van der Waals surface area contributed by atoms with Gasteiger partial charge in [-0.1, -0.05) is 30.3 Å². The second kappa shape index (κ2) is 9.39. The van der Waals surface area contributed by atoms with E-state index in [0.29, 0.717) is 12.3 Å². The number of benzene rings is 2. The van der Waals surface area contributed by atoms with E-state index in [1.807, 2.05) is 30.3 Å². The van der Waals surface area contributed by atoms with Crippen molar-refractivity contribution in [3.05, 3.63) is 60.2 Å².